The number of carbonyl (C=O) groups excluding carboxylic acids is 1. The van der Waals surface area contributed by atoms with Crippen LogP contribution < -0.4 is 15.8 Å². The molecule has 0 aromatic heterocycles. The Bertz CT molecular complexity index is 602. The Morgan fingerprint density at radius 3 is 2.60 bits per heavy atom. The molecule has 0 aliphatic rings. The second kappa shape index (κ2) is 6.30. The highest BCUT2D eigenvalue weighted by atomic mass is 35.5. The van der Waals surface area contributed by atoms with Crippen molar-refractivity contribution in [2.45, 2.75) is 13.0 Å². The number of hydrogen-bond acceptors (Lipinski definition) is 3. The van der Waals surface area contributed by atoms with Gasteiger partial charge in [-0.2, -0.15) is 0 Å². The van der Waals surface area contributed by atoms with E-state index in [1.807, 2.05) is 30.3 Å². The third-order valence-electron chi connectivity index (χ3n) is 2.70. The van der Waals surface area contributed by atoms with Crippen LogP contribution in [-0.2, 0) is 4.79 Å². The van der Waals surface area contributed by atoms with Gasteiger partial charge in [0.05, 0.1) is 10.7 Å². The van der Waals surface area contributed by atoms with Crippen molar-refractivity contribution in [1.82, 2.24) is 0 Å². The smallest absolute Gasteiger partial charge is 0.265 e. The van der Waals surface area contributed by atoms with E-state index in [1.165, 1.54) is 0 Å². The van der Waals surface area contributed by atoms with Crippen LogP contribution in [0.5, 0.6) is 5.75 Å². The normalized spacial score (nSPS) is 11.7. The molecule has 3 N–H and O–H groups in total. The maximum absolute atomic E-state index is 12.0. The monoisotopic (exact) mass is 290 g/mol. The van der Waals surface area contributed by atoms with Gasteiger partial charge in [-0.3, -0.25) is 4.79 Å². The van der Waals surface area contributed by atoms with Crippen LogP contribution in [0.3, 0.4) is 0 Å². The molecule has 104 valence electrons. The lowest BCUT2D eigenvalue weighted by Gasteiger charge is -2.15. The number of carbonyl (C=O) groups is 1. The molecule has 0 bridgehead atoms. The molecular weight excluding hydrogens is 276 g/mol. The summed E-state index contributed by atoms with van der Waals surface area (Å²) in [6.45, 7) is 1.67. The van der Waals surface area contributed by atoms with Crippen LogP contribution in [0.4, 0.5) is 11.4 Å². The number of hydrogen-bond donors (Lipinski definition) is 2. The van der Waals surface area contributed by atoms with Gasteiger partial charge >= 0.3 is 0 Å². The molecule has 0 spiro atoms. The predicted octanol–water partition coefficient (Wildman–Crippen LogP) is 3.33. The number of nitrogens with two attached hydrogens (primary N) is 1. The zero-order valence-electron chi connectivity index (χ0n) is 11.0. The second-order valence-electron chi connectivity index (χ2n) is 4.30. The van der Waals surface area contributed by atoms with Gasteiger partial charge in [0.1, 0.15) is 5.75 Å². The highest BCUT2D eigenvalue weighted by Gasteiger charge is 2.15. The molecule has 1 amide bonds. The third-order valence-corrected chi connectivity index (χ3v) is 3.02. The van der Waals surface area contributed by atoms with E-state index in [-0.39, 0.29) is 5.91 Å². The summed E-state index contributed by atoms with van der Waals surface area (Å²) < 4.78 is 5.53. The van der Waals surface area contributed by atoms with Gasteiger partial charge in [0.15, 0.2) is 6.10 Å². The molecular formula is C15H15ClN2O2. The highest BCUT2D eigenvalue weighted by Crippen LogP contribution is 2.24. The Labute approximate surface area is 122 Å². The Hall–Kier alpha value is -2.20. The standard InChI is InChI=1S/C15H15ClN2O2/c1-10(15(19)18-11-5-3-2-4-6-11)20-12-7-8-14(17)13(16)9-12/h2-10H,17H2,1H3,(H,18,19). The average molecular weight is 291 g/mol. The lowest BCUT2D eigenvalue weighted by Crippen LogP contribution is -2.30. The van der Waals surface area contributed by atoms with E-state index < -0.39 is 6.10 Å². The largest absolute Gasteiger partial charge is 0.481 e. The maximum atomic E-state index is 12.0. The minimum Gasteiger partial charge on any atom is -0.481 e. The first kappa shape index (κ1) is 14.2. The summed E-state index contributed by atoms with van der Waals surface area (Å²) >= 11 is 5.90. The zero-order valence-corrected chi connectivity index (χ0v) is 11.7. The van der Waals surface area contributed by atoms with Crippen molar-refractivity contribution in [3.05, 3.63) is 53.6 Å². The fraction of sp³-hybridized carbons (Fsp3) is 0.133. The van der Waals surface area contributed by atoms with Crippen molar-refractivity contribution in [3.8, 4) is 5.75 Å². The van der Waals surface area contributed by atoms with Crippen LogP contribution in [0.1, 0.15) is 6.92 Å². The predicted molar refractivity (Wildman–Crippen MR) is 81.0 cm³/mol. The lowest BCUT2D eigenvalue weighted by molar-refractivity contribution is -0.122. The van der Waals surface area contributed by atoms with Gasteiger partial charge in [0.25, 0.3) is 5.91 Å². The maximum Gasteiger partial charge on any atom is 0.265 e. The average Bonchev–Trinajstić information content (AvgIpc) is 2.44. The van der Waals surface area contributed by atoms with E-state index in [1.54, 1.807) is 25.1 Å². The number of anilines is 2. The van der Waals surface area contributed by atoms with Crippen LogP contribution in [0.15, 0.2) is 48.5 Å². The molecule has 1 unspecified atom stereocenters. The van der Waals surface area contributed by atoms with E-state index in [0.717, 1.165) is 5.69 Å². The molecule has 0 aliphatic carbocycles. The van der Waals surface area contributed by atoms with Crippen molar-refractivity contribution in [1.29, 1.82) is 0 Å². The van der Waals surface area contributed by atoms with Crippen LogP contribution in [0, 0.1) is 0 Å². The van der Waals surface area contributed by atoms with Crippen molar-refractivity contribution in [2.24, 2.45) is 0 Å². The molecule has 0 radical (unpaired) electrons. The van der Waals surface area contributed by atoms with E-state index in [4.69, 9.17) is 22.1 Å². The minimum absolute atomic E-state index is 0.232. The summed E-state index contributed by atoms with van der Waals surface area (Å²) in [6.07, 6.45) is -0.644. The van der Waals surface area contributed by atoms with Gasteiger partial charge in [-0.1, -0.05) is 29.8 Å². The molecule has 0 saturated heterocycles. The summed E-state index contributed by atoms with van der Waals surface area (Å²) in [7, 11) is 0. The molecule has 20 heavy (non-hydrogen) atoms. The number of nitrogens with one attached hydrogen (secondary N) is 1. The summed E-state index contributed by atoms with van der Waals surface area (Å²) in [4.78, 5) is 12.0. The molecule has 5 heteroatoms. The van der Waals surface area contributed by atoms with Crippen LogP contribution in [-0.4, -0.2) is 12.0 Å². The first-order valence-corrected chi connectivity index (χ1v) is 6.51. The van der Waals surface area contributed by atoms with E-state index in [0.29, 0.717) is 16.5 Å². The van der Waals surface area contributed by atoms with Gasteiger partial charge in [-0.15, -0.1) is 0 Å². The molecule has 4 nitrogen and oxygen atoms in total. The van der Waals surface area contributed by atoms with Crippen LogP contribution >= 0.6 is 11.6 Å². The van der Waals surface area contributed by atoms with Gasteiger partial charge in [-0.05, 0) is 31.2 Å². The van der Waals surface area contributed by atoms with Gasteiger partial charge in [0.2, 0.25) is 0 Å². The quantitative estimate of drug-likeness (QED) is 0.849. The van der Waals surface area contributed by atoms with Gasteiger partial charge in [-0.25, -0.2) is 0 Å². The van der Waals surface area contributed by atoms with Crippen molar-refractivity contribution >= 4 is 28.9 Å². The summed E-state index contributed by atoms with van der Waals surface area (Å²) in [5.74, 6) is 0.268. The van der Waals surface area contributed by atoms with E-state index >= 15 is 0 Å². The fourth-order valence-electron chi connectivity index (χ4n) is 1.60. The SMILES string of the molecule is CC(Oc1ccc(N)c(Cl)c1)C(=O)Nc1ccccc1. The topological polar surface area (TPSA) is 64.3 Å². The Morgan fingerprint density at radius 2 is 1.95 bits per heavy atom. The molecule has 1 atom stereocenters. The summed E-state index contributed by atoms with van der Waals surface area (Å²) in [6, 6.07) is 14.1. The van der Waals surface area contributed by atoms with Crippen molar-refractivity contribution in [2.75, 3.05) is 11.1 Å². The Balaban J connectivity index is 1.98. The molecule has 2 aromatic carbocycles. The van der Waals surface area contributed by atoms with E-state index in [9.17, 15) is 4.79 Å². The summed E-state index contributed by atoms with van der Waals surface area (Å²) in [5.41, 5.74) is 6.81. The number of ether oxygens (including phenoxy) is 1. The first-order chi connectivity index (χ1) is 9.56. The number of nitrogen functional groups attached to an aromatic ring is 1. The fourth-order valence-corrected chi connectivity index (χ4v) is 1.77. The summed E-state index contributed by atoms with van der Waals surface area (Å²) in [5, 5.41) is 3.17. The molecule has 0 saturated carbocycles. The second-order valence-corrected chi connectivity index (χ2v) is 4.71. The molecule has 0 fully saturated rings. The Morgan fingerprint density at radius 1 is 1.25 bits per heavy atom. The third kappa shape index (κ3) is 3.65. The van der Waals surface area contributed by atoms with Gasteiger partial charge < -0.3 is 15.8 Å². The van der Waals surface area contributed by atoms with Crippen molar-refractivity contribution in [3.63, 3.8) is 0 Å². The van der Waals surface area contributed by atoms with Crippen molar-refractivity contribution < 1.29 is 9.53 Å². The molecule has 0 aliphatic heterocycles. The first-order valence-electron chi connectivity index (χ1n) is 6.14. The zero-order chi connectivity index (χ0) is 14.5. The number of halogens is 1. The van der Waals surface area contributed by atoms with Crippen LogP contribution in [0.2, 0.25) is 5.02 Å². The van der Waals surface area contributed by atoms with Crippen LogP contribution in [0.25, 0.3) is 0 Å². The molecule has 0 heterocycles. The van der Waals surface area contributed by atoms with E-state index in [2.05, 4.69) is 5.32 Å². The number of amides is 1. The molecule has 2 rings (SSSR count). The lowest BCUT2D eigenvalue weighted by atomic mass is 10.3. The number of rotatable bonds is 4. The van der Waals surface area contributed by atoms with Gasteiger partial charge in [0, 0.05) is 11.8 Å². The molecule has 2 aromatic rings. The number of para-hydroxylation sites is 1. The Kier molecular flexibility index (Phi) is 4.48. The highest BCUT2D eigenvalue weighted by molar-refractivity contribution is 6.33. The number of benzene rings is 2. The minimum atomic E-state index is -0.644.